The van der Waals surface area contributed by atoms with E-state index in [9.17, 15) is 5.11 Å². The van der Waals surface area contributed by atoms with E-state index in [1.807, 2.05) is 0 Å². The molecule has 5 nitrogen and oxygen atoms in total. The summed E-state index contributed by atoms with van der Waals surface area (Å²) in [5.41, 5.74) is 2.82. The van der Waals surface area contributed by atoms with E-state index in [-0.39, 0.29) is 24.0 Å². The van der Waals surface area contributed by atoms with Gasteiger partial charge in [-0.2, -0.15) is 0 Å². The van der Waals surface area contributed by atoms with Gasteiger partial charge in [0.25, 0.3) is 0 Å². The average molecular weight is 474 g/mol. The van der Waals surface area contributed by atoms with Crippen LogP contribution >= 0.6 is 24.0 Å². The minimum atomic E-state index is -0.449. The van der Waals surface area contributed by atoms with E-state index in [0.29, 0.717) is 25.0 Å². The third-order valence-electron chi connectivity index (χ3n) is 4.85. The fourth-order valence-corrected chi connectivity index (χ4v) is 2.96. The molecule has 0 aromatic heterocycles. The van der Waals surface area contributed by atoms with Crippen LogP contribution in [-0.4, -0.2) is 54.3 Å². The predicted molar refractivity (Wildman–Crippen MR) is 120 cm³/mol. The van der Waals surface area contributed by atoms with Crippen molar-refractivity contribution in [3.63, 3.8) is 0 Å². The first-order valence-electron chi connectivity index (χ1n) is 9.51. The van der Waals surface area contributed by atoms with Gasteiger partial charge < -0.3 is 15.7 Å². The first kappa shape index (κ1) is 23.2. The lowest BCUT2D eigenvalue weighted by Crippen LogP contribution is -2.45. The summed E-state index contributed by atoms with van der Waals surface area (Å²) in [6, 6.07) is 8.93. The maximum atomic E-state index is 10.4. The molecule has 2 unspecified atom stereocenters. The predicted octanol–water partition coefficient (Wildman–Crippen LogP) is 2.62. The molecule has 2 rings (SSSR count). The summed E-state index contributed by atoms with van der Waals surface area (Å²) in [4.78, 5) is 6.88. The molecule has 26 heavy (non-hydrogen) atoms. The van der Waals surface area contributed by atoms with Gasteiger partial charge in [-0.1, -0.05) is 38.1 Å². The number of aliphatic imine (C=N–C) groups is 1. The molecule has 0 bridgehead atoms. The largest absolute Gasteiger partial charge is 0.390 e. The molecule has 0 saturated carbocycles. The van der Waals surface area contributed by atoms with Crippen molar-refractivity contribution in [1.82, 2.24) is 15.5 Å². The molecule has 0 saturated heterocycles. The van der Waals surface area contributed by atoms with Gasteiger partial charge in [0.05, 0.1) is 12.6 Å². The number of halogens is 1. The zero-order valence-electron chi connectivity index (χ0n) is 16.5. The Balaban J connectivity index is 0.00000338. The highest BCUT2D eigenvalue weighted by molar-refractivity contribution is 14.0. The number of nitrogens with one attached hydrogen (secondary N) is 2. The number of guanidine groups is 1. The normalized spacial score (nSPS) is 17.2. The van der Waals surface area contributed by atoms with Gasteiger partial charge in [0.2, 0.25) is 0 Å². The van der Waals surface area contributed by atoms with Crippen molar-refractivity contribution in [2.24, 2.45) is 10.9 Å². The Morgan fingerprint density at radius 3 is 2.58 bits per heavy atom. The highest BCUT2D eigenvalue weighted by atomic mass is 127. The molecule has 2 atom stereocenters. The molecule has 1 aromatic carbocycles. The summed E-state index contributed by atoms with van der Waals surface area (Å²) in [6.07, 6.45) is 0.609. The second-order valence-corrected chi connectivity index (χ2v) is 7.30. The van der Waals surface area contributed by atoms with Gasteiger partial charge in [0.1, 0.15) is 0 Å². The van der Waals surface area contributed by atoms with Crippen LogP contribution in [0.25, 0.3) is 0 Å². The average Bonchev–Trinajstić information content (AvgIpc) is 2.59. The molecule has 1 aliphatic rings. The second kappa shape index (κ2) is 11.8. The van der Waals surface area contributed by atoms with E-state index in [2.05, 4.69) is 72.5 Å². The van der Waals surface area contributed by atoms with Crippen molar-refractivity contribution in [2.75, 3.05) is 26.2 Å². The maximum absolute atomic E-state index is 10.4. The lowest BCUT2D eigenvalue weighted by atomic mass is 10.00. The van der Waals surface area contributed by atoms with Crippen LogP contribution in [0, 0.1) is 5.92 Å². The van der Waals surface area contributed by atoms with Gasteiger partial charge in [0, 0.05) is 32.2 Å². The van der Waals surface area contributed by atoms with E-state index in [4.69, 9.17) is 0 Å². The lowest BCUT2D eigenvalue weighted by Gasteiger charge is -2.30. The second-order valence-electron chi connectivity index (χ2n) is 7.30. The molecule has 0 aliphatic carbocycles. The van der Waals surface area contributed by atoms with Crippen LogP contribution in [0.1, 0.15) is 38.8 Å². The summed E-state index contributed by atoms with van der Waals surface area (Å²) in [5, 5.41) is 17.1. The monoisotopic (exact) mass is 474 g/mol. The van der Waals surface area contributed by atoms with Gasteiger partial charge in [0.15, 0.2) is 5.96 Å². The summed E-state index contributed by atoms with van der Waals surface area (Å²) in [7, 11) is 0. The number of aliphatic hydroxyl groups is 1. The molecule has 148 valence electrons. The minimum absolute atomic E-state index is 0. The van der Waals surface area contributed by atoms with Crippen LogP contribution < -0.4 is 10.6 Å². The van der Waals surface area contributed by atoms with Crippen molar-refractivity contribution in [3.05, 3.63) is 35.4 Å². The number of β-amino-alcohol motifs (C(OH)–C–C–N with tert-alkyl or cyclic N) is 1. The van der Waals surface area contributed by atoms with Crippen molar-refractivity contribution >= 4 is 29.9 Å². The van der Waals surface area contributed by atoms with Gasteiger partial charge in [-0.15, -0.1) is 24.0 Å². The zero-order chi connectivity index (χ0) is 18.2. The highest BCUT2D eigenvalue weighted by Gasteiger charge is 2.18. The van der Waals surface area contributed by atoms with E-state index in [0.717, 1.165) is 32.0 Å². The van der Waals surface area contributed by atoms with Gasteiger partial charge >= 0.3 is 0 Å². The van der Waals surface area contributed by atoms with Crippen LogP contribution in [0.3, 0.4) is 0 Å². The van der Waals surface area contributed by atoms with Gasteiger partial charge in [-0.25, -0.2) is 0 Å². The Morgan fingerprint density at radius 2 is 1.92 bits per heavy atom. The highest BCUT2D eigenvalue weighted by Crippen LogP contribution is 2.18. The van der Waals surface area contributed by atoms with Gasteiger partial charge in [-0.3, -0.25) is 9.89 Å². The molecule has 6 heteroatoms. The smallest absolute Gasteiger partial charge is 0.191 e. The van der Waals surface area contributed by atoms with E-state index in [1.54, 1.807) is 0 Å². The van der Waals surface area contributed by atoms with Crippen LogP contribution in [0.15, 0.2) is 29.3 Å². The molecule has 0 fully saturated rings. The number of nitrogens with zero attached hydrogens (tertiary/aromatic N) is 2. The number of hydrogen-bond donors (Lipinski definition) is 3. The molecule has 0 amide bonds. The quantitative estimate of drug-likeness (QED) is 0.323. The Hall–Kier alpha value is -0.860. The molecule has 1 aromatic rings. The topological polar surface area (TPSA) is 59.9 Å². The molecule has 1 aliphatic heterocycles. The third-order valence-corrected chi connectivity index (χ3v) is 4.85. The summed E-state index contributed by atoms with van der Waals surface area (Å²) in [6.45, 7) is 12.4. The third kappa shape index (κ3) is 7.40. The van der Waals surface area contributed by atoms with Crippen LogP contribution in [0.5, 0.6) is 0 Å². The molecule has 3 N–H and O–H groups in total. The molecular formula is C20H35IN4O. The minimum Gasteiger partial charge on any atom is -0.390 e. The van der Waals surface area contributed by atoms with Crippen LogP contribution in [-0.2, 0) is 13.0 Å². The SMILES string of the molecule is CCNC(=NCC(O)CN1CCc2ccccc2C1)NC(C)C(C)C.I. The van der Waals surface area contributed by atoms with Gasteiger partial charge in [-0.05, 0) is 37.3 Å². The fourth-order valence-electron chi connectivity index (χ4n) is 2.96. The molecular weight excluding hydrogens is 439 g/mol. The Kier molecular flexibility index (Phi) is 10.5. The van der Waals surface area contributed by atoms with Crippen molar-refractivity contribution in [3.8, 4) is 0 Å². The summed E-state index contributed by atoms with van der Waals surface area (Å²) >= 11 is 0. The van der Waals surface area contributed by atoms with Crippen LogP contribution in [0.4, 0.5) is 0 Å². The standard InChI is InChI=1S/C20H34N4O.HI/c1-5-21-20(23-16(4)15(2)3)22-12-19(25)14-24-11-10-17-8-6-7-9-18(17)13-24;/h6-9,15-16,19,25H,5,10-14H2,1-4H3,(H2,21,22,23);1H. The lowest BCUT2D eigenvalue weighted by molar-refractivity contribution is 0.111. The zero-order valence-corrected chi connectivity index (χ0v) is 18.9. The van der Waals surface area contributed by atoms with Crippen molar-refractivity contribution in [2.45, 2.75) is 52.8 Å². The fraction of sp³-hybridized carbons (Fsp3) is 0.650. The maximum Gasteiger partial charge on any atom is 0.191 e. The Morgan fingerprint density at radius 1 is 1.23 bits per heavy atom. The summed E-state index contributed by atoms with van der Waals surface area (Å²) < 4.78 is 0. The summed E-state index contributed by atoms with van der Waals surface area (Å²) in [5.74, 6) is 1.31. The van der Waals surface area contributed by atoms with E-state index in [1.165, 1.54) is 11.1 Å². The van der Waals surface area contributed by atoms with E-state index < -0.39 is 6.10 Å². The number of hydrogen-bond acceptors (Lipinski definition) is 3. The Labute approximate surface area is 175 Å². The molecule has 0 radical (unpaired) electrons. The number of fused-ring (bicyclic) bond motifs is 1. The number of aliphatic hydroxyl groups excluding tert-OH is 1. The first-order valence-corrected chi connectivity index (χ1v) is 9.51. The van der Waals surface area contributed by atoms with Crippen molar-refractivity contribution in [1.29, 1.82) is 0 Å². The number of benzene rings is 1. The van der Waals surface area contributed by atoms with Crippen molar-refractivity contribution < 1.29 is 5.11 Å². The Bertz CT molecular complexity index is 564. The molecule has 1 heterocycles. The number of rotatable bonds is 7. The van der Waals surface area contributed by atoms with E-state index >= 15 is 0 Å². The molecule has 0 spiro atoms. The van der Waals surface area contributed by atoms with Crippen LogP contribution in [0.2, 0.25) is 0 Å². The first-order chi connectivity index (χ1) is 12.0.